The van der Waals surface area contributed by atoms with Crippen LogP contribution in [0, 0.1) is 11.3 Å². The third-order valence-corrected chi connectivity index (χ3v) is 8.82. The minimum Gasteiger partial charge on any atom is -0.494 e. The average molecular weight is 531 g/mol. The second kappa shape index (κ2) is 12.4. The highest BCUT2D eigenvalue weighted by Gasteiger charge is 2.49. The summed E-state index contributed by atoms with van der Waals surface area (Å²) in [6.45, 7) is 3.56. The summed E-state index contributed by atoms with van der Waals surface area (Å²) in [5, 5.41) is 10.9. The summed E-state index contributed by atoms with van der Waals surface area (Å²) in [6.07, 6.45) is 6.77. The molecule has 0 unspecified atom stereocenters. The smallest absolute Gasteiger partial charge is 0.119 e. The molecule has 0 aliphatic heterocycles. The van der Waals surface area contributed by atoms with Gasteiger partial charge >= 0.3 is 0 Å². The Morgan fingerprint density at radius 3 is 2.13 bits per heavy atom. The lowest BCUT2D eigenvalue weighted by molar-refractivity contribution is 0.0422. The Hall–Kier alpha value is -2.75. The Labute approximate surface area is 232 Å². The van der Waals surface area contributed by atoms with Crippen LogP contribution in [0.4, 0.5) is 0 Å². The first kappa shape index (κ1) is 26.8. The molecule has 3 atom stereocenters. The van der Waals surface area contributed by atoms with E-state index in [4.69, 9.17) is 21.1 Å². The Bertz CT molecular complexity index is 1200. The summed E-state index contributed by atoms with van der Waals surface area (Å²) < 4.78 is 12.0. The first-order chi connectivity index (χ1) is 18.6. The van der Waals surface area contributed by atoms with E-state index in [9.17, 15) is 5.11 Å². The number of unbranched alkanes of at least 4 members (excludes halogenated alkanes) is 2. The number of benzene rings is 3. The number of rotatable bonds is 11. The Kier molecular flexibility index (Phi) is 8.76. The predicted molar refractivity (Wildman–Crippen MR) is 157 cm³/mol. The van der Waals surface area contributed by atoms with Crippen molar-refractivity contribution in [1.82, 2.24) is 0 Å². The van der Waals surface area contributed by atoms with Crippen LogP contribution in [0.15, 0.2) is 78.9 Å². The zero-order chi connectivity index (χ0) is 26.4. The molecule has 1 N–H and O–H groups in total. The van der Waals surface area contributed by atoms with Gasteiger partial charge in [0.1, 0.15) is 18.1 Å². The van der Waals surface area contributed by atoms with Crippen molar-refractivity contribution in [2.75, 3.05) is 12.5 Å². The maximum atomic E-state index is 10.9. The minimum absolute atomic E-state index is 0.0742. The van der Waals surface area contributed by atoms with E-state index in [-0.39, 0.29) is 11.5 Å². The second-order valence-corrected chi connectivity index (χ2v) is 11.4. The number of aliphatic hydroxyl groups is 1. The SMILES string of the molecule is C[C@]12CC(c3ccc(OCCCCCCl)cc3)=C(c3ccc(OCc4ccccc4)cc3)C[C@@H]1CC[C@@H]2O. The van der Waals surface area contributed by atoms with E-state index in [2.05, 4.69) is 67.6 Å². The minimum atomic E-state index is -0.242. The Balaban J connectivity index is 1.36. The fraction of sp³-hybridized carbons (Fsp3) is 0.412. The highest BCUT2D eigenvalue weighted by molar-refractivity contribution is 6.17. The highest BCUT2D eigenvalue weighted by atomic mass is 35.5. The number of ether oxygens (including phenoxy) is 2. The van der Waals surface area contributed by atoms with Crippen molar-refractivity contribution < 1.29 is 14.6 Å². The van der Waals surface area contributed by atoms with Gasteiger partial charge in [-0.2, -0.15) is 0 Å². The van der Waals surface area contributed by atoms with Gasteiger partial charge in [0, 0.05) is 11.3 Å². The topological polar surface area (TPSA) is 38.7 Å². The monoisotopic (exact) mass is 530 g/mol. The summed E-state index contributed by atoms with van der Waals surface area (Å²) >= 11 is 5.78. The van der Waals surface area contributed by atoms with Gasteiger partial charge < -0.3 is 14.6 Å². The van der Waals surface area contributed by atoms with Crippen LogP contribution in [0.5, 0.6) is 11.5 Å². The van der Waals surface area contributed by atoms with Gasteiger partial charge in [-0.15, -0.1) is 11.6 Å². The van der Waals surface area contributed by atoms with Crippen LogP contribution in [-0.2, 0) is 6.61 Å². The number of aliphatic hydroxyl groups excluding tert-OH is 1. The molecule has 3 aromatic carbocycles. The lowest BCUT2D eigenvalue weighted by Gasteiger charge is -2.41. The van der Waals surface area contributed by atoms with Crippen LogP contribution in [-0.4, -0.2) is 23.7 Å². The van der Waals surface area contributed by atoms with E-state index < -0.39 is 0 Å². The summed E-state index contributed by atoms with van der Waals surface area (Å²) in [6, 6.07) is 27.4. The Morgan fingerprint density at radius 2 is 1.45 bits per heavy atom. The first-order valence-corrected chi connectivity index (χ1v) is 14.6. The van der Waals surface area contributed by atoms with Crippen molar-refractivity contribution in [3.8, 4) is 11.5 Å². The fourth-order valence-electron chi connectivity index (χ4n) is 6.12. The van der Waals surface area contributed by atoms with E-state index in [0.29, 0.717) is 18.4 Å². The molecular weight excluding hydrogens is 492 g/mol. The molecule has 5 rings (SSSR count). The molecule has 0 saturated heterocycles. The molecule has 3 nitrogen and oxygen atoms in total. The van der Waals surface area contributed by atoms with E-state index in [1.807, 2.05) is 18.2 Å². The van der Waals surface area contributed by atoms with Crippen molar-refractivity contribution in [3.63, 3.8) is 0 Å². The number of hydrogen-bond acceptors (Lipinski definition) is 3. The quantitative estimate of drug-likeness (QED) is 0.199. The van der Waals surface area contributed by atoms with Crippen LogP contribution in [0.3, 0.4) is 0 Å². The lowest BCUT2D eigenvalue weighted by atomic mass is 9.64. The van der Waals surface area contributed by atoms with Crippen molar-refractivity contribution >= 4 is 22.7 Å². The summed E-state index contributed by atoms with van der Waals surface area (Å²) in [7, 11) is 0. The van der Waals surface area contributed by atoms with Crippen LogP contribution < -0.4 is 9.47 Å². The van der Waals surface area contributed by atoms with E-state index in [1.165, 1.54) is 22.3 Å². The second-order valence-electron chi connectivity index (χ2n) is 11.1. The van der Waals surface area contributed by atoms with Gasteiger partial charge in [0.25, 0.3) is 0 Å². The molecule has 2 aliphatic rings. The molecule has 3 aromatic rings. The van der Waals surface area contributed by atoms with Crippen molar-refractivity contribution in [2.45, 2.75) is 64.6 Å². The number of allylic oxidation sites excluding steroid dienone is 2. The normalized spacial score (nSPS) is 22.8. The number of hydrogen-bond donors (Lipinski definition) is 1. The van der Waals surface area contributed by atoms with Crippen LogP contribution in [0.25, 0.3) is 11.1 Å². The molecule has 200 valence electrons. The standard InChI is InChI=1S/C34H39ClO3/c1-34-23-32(27-12-15-29(16-13-27)37-21-7-3-6-20-35)31(22-28(34)14-19-33(34)36)26-10-17-30(18-11-26)38-24-25-8-4-2-5-9-25/h2,4-5,8-13,15-18,28,33,36H,3,6-7,14,19-24H2,1H3/t28-,33-,34-/m0/s1. The van der Waals surface area contributed by atoms with Crippen molar-refractivity contribution in [1.29, 1.82) is 0 Å². The first-order valence-electron chi connectivity index (χ1n) is 14.0. The third-order valence-electron chi connectivity index (χ3n) is 8.56. The molecule has 0 bridgehead atoms. The van der Waals surface area contributed by atoms with Crippen molar-refractivity contribution in [2.24, 2.45) is 11.3 Å². The van der Waals surface area contributed by atoms with Gasteiger partial charge in [-0.1, -0.05) is 61.5 Å². The largest absolute Gasteiger partial charge is 0.494 e. The van der Waals surface area contributed by atoms with Crippen LogP contribution in [0.1, 0.15) is 68.6 Å². The molecule has 4 heteroatoms. The fourth-order valence-corrected chi connectivity index (χ4v) is 6.31. The van der Waals surface area contributed by atoms with Crippen LogP contribution >= 0.6 is 11.6 Å². The molecule has 0 spiro atoms. The zero-order valence-corrected chi connectivity index (χ0v) is 23.1. The molecular formula is C34H39ClO3. The molecule has 1 saturated carbocycles. The third kappa shape index (κ3) is 6.11. The summed E-state index contributed by atoms with van der Waals surface area (Å²) in [5.41, 5.74) is 6.29. The lowest BCUT2D eigenvalue weighted by Crippen LogP contribution is -2.35. The molecule has 0 heterocycles. The molecule has 1 fully saturated rings. The summed E-state index contributed by atoms with van der Waals surface area (Å²) in [5.74, 6) is 3.00. The van der Waals surface area contributed by atoms with Gasteiger partial charge in [-0.05, 0) is 103 Å². The molecule has 0 amide bonds. The molecule has 0 radical (unpaired) electrons. The van der Waals surface area contributed by atoms with E-state index in [0.717, 1.165) is 68.6 Å². The van der Waals surface area contributed by atoms with Gasteiger partial charge in [0.15, 0.2) is 0 Å². The van der Waals surface area contributed by atoms with Gasteiger partial charge in [-0.25, -0.2) is 0 Å². The number of alkyl halides is 1. The molecule has 2 aliphatic carbocycles. The number of fused-ring (bicyclic) bond motifs is 1. The zero-order valence-electron chi connectivity index (χ0n) is 22.4. The Morgan fingerprint density at radius 1 is 0.789 bits per heavy atom. The molecule has 0 aromatic heterocycles. The maximum Gasteiger partial charge on any atom is 0.119 e. The highest BCUT2D eigenvalue weighted by Crippen LogP contribution is 2.57. The molecule has 38 heavy (non-hydrogen) atoms. The average Bonchev–Trinajstić information content (AvgIpc) is 3.25. The van der Waals surface area contributed by atoms with E-state index >= 15 is 0 Å². The van der Waals surface area contributed by atoms with E-state index in [1.54, 1.807) is 0 Å². The maximum absolute atomic E-state index is 10.9. The predicted octanol–water partition coefficient (Wildman–Crippen LogP) is 8.54. The van der Waals surface area contributed by atoms with Gasteiger partial charge in [0.2, 0.25) is 0 Å². The summed E-state index contributed by atoms with van der Waals surface area (Å²) in [4.78, 5) is 0. The van der Waals surface area contributed by atoms with Gasteiger partial charge in [0.05, 0.1) is 12.7 Å². The van der Waals surface area contributed by atoms with Crippen molar-refractivity contribution in [3.05, 3.63) is 95.6 Å². The van der Waals surface area contributed by atoms with Gasteiger partial charge in [-0.3, -0.25) is 0 Å². The number of halogens is 1. The van der Waals surface area contributed by atoms with Crippen LogP contribution in [0.2, 0.25) is 0 Å².